The van der Waals surface area contributed by atoms with Crippen LogP contribution in [-0.4, -0.2) is 21.3 Å². The maximum atomic E-state index is 12.9. The van der Waals surface area contributed by atoms with E-state index in [0.717, 1.165) is 6.07 Å². The van der Waals surface area contributed by atoms with Gasteiger partial charge in [-0.25, -0.2) is 13.6 Å². The molecule has 1 aromatic carbocycles. The Morgan fingerprint density at radius 2 is 1.93 bits per heavy atom. The number of hydrogen-bond donors (Lipinski definition) is 3. The summed E-state index contributed by atoms with van der Waals surface area (Å²) in [5, 5.41) is 26.2. The van der Waals surface area contributed by atoms with E-state index in [9.17, 15) is 13.6 Å². The number of halogens is 2. The van der Waals surface area contributed by atoms with Crippen molar-refractivity contribution < 1.29 is 28.9 Å². The summed E-state index contributed by atoms with van der Waals surface area (Å²) in [6.07, 6.45) is -2.29. The molecular formula is C8H6F2O4. The number of carboxylic acid groups (broad SMARTS) is 1. The van der Waals surface area contributed by atoms with Gasteiger partial charge in [0.25, 0.3) is 0 Å². The zero-order valence-electron chi connectivity index (χ0n) is 6.74. The van der Waals surface area contributed by atoms with E-state index in [2.05, 4.69) is 0 Å². The SMILES string of the molecule is O=C(O)C(O)c1c(O)ccc(F)c1F. The van der Waals surface area contributed by atoms with Crippen molar-refractivity contribution in [2.24, 2.45) is 0 Å². The maximum absolute atomic E-state index is 12.9. The second kappa shape index (κ2) is 3.59. The molecule has 0 aliphatic rings. The summed E-state index contributed by atoms with van der Waals surface area (Å²) in [4.78, 5) is 10.3. The van der Waals surface area contributed by atoms with Gasteiger partial charge >= 0.3 is 5.97 Å². The van der Waals surface area contributed by atoms with E-state index >= 15 is 0 Å². The Balaban J connectivity index is 3.32. The van der Waals surface area contributed by atoms with Gasteiger partial charge in [-0.1, -0.05) is 0 Å². The first kappa shape index (κ1) is 10.4. The molecule has 0 saturated heterocycles. The Hall–Kier alpha value is -1.69. The number of aliphatic hydroxyl groups excluding tert-OH is 1. The van der Waals surface area contributed by atoms with Gasteiger partial charge in [-0.15, -0.1) is 0 Å². The van der Waals surface area contributed by atoms with Crippen LogP contribution in [0.15, 0.2) is 12.1 Å². The minimum atomic E-state index is -2.29. The Labute approximate surface area is 77.0 Å². The molecule has 1 rings (SSSR count). The molecule has 0 amide bonds. The zero-order valence-corrected chi connectivity index (χ0v) is 6.74. The first-order valence-electron chi connectivity index (χ1n) is 3.53. The second-order valence-corrected chi connectivity index (χ2v) is 2.53. The lowest BCUT2D eigenvalue weighted by Gasteiger charge is -2.09. The molecule has 1 aromatic rings. The van der Waals surface area contributed by atoms with E-state index in [-0.39, 0.29) is 0 Å². The second-order valence-electron chi connectivity index (χ2n) is 2.53. The van der Waals surface area contributed by atoms with Crippen LogP contribution in [0.1, 0.15) is 11.7 Å². The Bertz CT molecular complexity index is 378. The average molecular weight is 204 g/mol. The van der Waals surface area contributed by atoms with Crippen molar-refractivity contribution in [1.29, 1.82) is 0 Å². The highest BCUT2D eigenvalue weighted by molar-refractivity contribution is 5.75. The number of phenols is 1. The summed E-state index contributed by atoms with van der Waals surface area (Å²) >= 11 is 0. The molecular weight excluding hydrogens is 198 g/mol. The average Bonchev–Trinajstić information content (AvgIpc) is 2.12. The largest absolute Gasteiger partial charge is 0.507 e. The van der Waals surface area contributed by atoms with Gasteiger partial charge < -0.3 is 15.3 Å². The third kappa shape index (κ3) is 1.64. The Morgan fingerprint density at radius 1 is 1.36 bits per heavy atom. The fourth-order valence-electron chi connectivity index (χ4n) is 0.940. The molecule has 0 spiro atoms. The van der Waals surface area contributed by atoms with Gasteiger partial charge in [0, 0.05) is 0 Å². The number of aliphatic hydroxyl groups is 1. The van der Waals surface area contributed by atoms with Crippen molar-refractivity contribution in [2.75, 3.05) is 0 Å². The van der Waals surface area contributed by atoms with E-state index in [1.807, 2.05) is 0 Å². The number of aliphatic carboxylic acids is 1. The van der Waals surface area contributed by atoms with Crippen molar-refractivity contribution in [1.82, 2.24) is 0 Å². The van der Waals surface area contributed by atoms with Crippen LogP contribution in [-0.2, 0) is 4.79 Å². The molecule has 1 atom stereocenters. The molecule has 3 N–H and O–H groups in total. The number of phenolic OH excluding ortho intramolecular Hbond substituents is 1. The minimum absolute atomic E-state index is 0.628. The maximum Gasteiger partial charge on any atom is 0.337 e. The van der Waals surface area contributed by atoms with Crippen molar-refractivity contribution in [3.8, 4) is 5.75 Å². The molecule has 4 nitrogen and oxygen atoms in total. The molecule has 14 heavy (non-hydrogen) atoms. The number of hydrogen-bond acceptors (Lipinski definition) is 3. The van der Waals surface area contributed by atoms with Gasteiger partial charge in [0.15, 0.2) is 17.7 Å². The van der Waals surface area contributed by atoms with Crippen LogP contribution in [0, 0.1) is 11.6 Å². The van der Waals surface area contributed by atoms with Crippen LogP contribution >= 0.6 is 0 Å². The van der Waals surface area contributed by atoms with Crippen LogP contribution in [0.3, 0.4) is 0 Å². The van der Waals surface area contributed by atoms with Gasteiger partial charge in [0.05, 0.1) is 5.56 Å². The summed E-state index contributed by atoms with van der Waals surface area (Å²) in [5.74, 6) is -5.48. The minimum Gasteiger partial charge on any atom is -0.507 e. The third-order valence-electron chi connectivity index (χ3n) is 1.62. The van der Waals surface area contributed by atoms with Gasteiger partial charge in [0.2, 0.25) is 0 Å². The highest BCUT2D eigenvalue weighted by Crippen LogP contribution is 2.28. The van der Waals surface area contributed by atoms with Gasteiger partial charge in [-0.05, 0) is 12.1 Å². The van der Waals surface area contributed by atoms with E-state index in [1.54, 1.807) is 0 Å². The molecule has 0 radical (unpaired) electrons. The van der Waals surface area contributed by atoms with Crippen LogP contribution < -0.4 is 0 Å². The quantitative estimate of drug-likeness (QED) is 0.665. The Kier molecular flexibility index (Phi) is 2.66. The van der Waals surface area contributed by atoms with Crippen molar-refractivity contribution in [3.05, 3.63) is 29.3 Å². The van der Waals surface area contributed by atoms with Crippen LogP contribution in [0.4, 0.5) is 8.78 Å². The number of carboxylic acids is 1. The summed E-state index contributed by atoms with van der Waals surface area (Å²) in [5.41, 5.74) is -0.975. The van der Waals surface area contributed by atoms with Crippen LogP contribution in [0.2, 0.25) is 0 Å². The van der Waals surface area contributed by atoms with E-state index in [1.165, 1.54) is 0 Å². The highest BCUT2D eigenvalue weighted by Gasteiger charge is 2.25. The lowest BCUT2D eigenvalue weighted by Crippen LogP contribution is -2.13. The molecule has 0 bridgehead atoms. The number of benzene rings is 1. The monoisotopic (exact) mass is 204 g/mol. The highest BCUT2D eigenvalue weighted by atomic mass is 19.2. The molecule has 1 unspecified atom stereocenters. The molecule has 0 aliphatic carbocycles. The first-order chi connectivity index (χ1) is 6.45. The standard InChI is InChI=1S/C8H6F2O4/c9-3-1-2-4(11)5(6(3)10)7(12)8(13)14/h1-2,7,11-12H,(H,13,14). The molecule has 76 valence electrons. The van der Waals surface area contributed by atoms with Gasteiger partial charge in [-0.2, -0.15) is 0 Å². The molecule has 0 saturated carbocycles. The third-order valence-corrected chi connectivity index (χ3v) is 1.62. The van der Waals surface area contributed by atoms with Crippen molar-refractivity contribution >= 4 is 5.97 Å². The predicted octanol–water partition coefficient (Wildman–Crippen LogP) is 0.788. The van der Waals surface area contributed by atoms with E-state index < -0.39 is 35.0 Å². The zero-order chi connectivity index (χ0) is 10.9. The number of carbonyl (C=O) groups is 1. The smallest absolute Gasteiger partial charge is 0.337 e. The summed E-state index contributed by atoms with van der Waals surface area (Å²) in [6.45, 7) is 0. The van der Waals surface area contributed by atoms with Crippen molar-refractivity contribution in [3.63, 3.8) is 0 Å². The number of rotatable bonds is 2. The molecule has 6 heteroatoms. The fourth-order valence-corrected chi connectivity index (χ4v) is 0.940. The van der Waals surface area contributed by atoms with E-state index in [4.69, 9.17) is 15.3 Å². The summed E-state index contributed by atoms with van der Waals surface area (Å²) in [7, 11) is 0. The lowest BCUT2D eigenvalue weighted by atomic mass is 10.1. The lowest BCUT2D eigenvalue weighted by molar-refractivity contribution is -0.147. The predicted molar refractivity (Wildman–Crippen MR) is 40.6 cm³/mol. The fraction of sp³-hybridized carbons (Fsp3) is 0.125. The van der Waals surface area contributed by atoms with Gasteiger partial charge in [-0.3, -0.25) is 0 Å². The molecule has 0 heterocycles. The van der Waals surface area contributed by atoms with Crippen LogP contribution in [0.5, 0.6) is 5.75 Å². The summed E-state index contributed by atoms with van der Waals surface area (Å²) < 4.78 is 25.5. The summed E-state index contributed by atoms with van der Waals surface area (Å²) in [6, 6.07) is 1.39. The first-order valence-corrected chi connectivity index (χ1v) is 3.53. The molecule has 0 fully saturated rings. The van der Waals surface area contributed by atoms with Crippen LogP contribution in [0.25, 0.3) is 0 Å². The van der Waals surface area contributed by atoms with Crippen molar-refractivity contribution in [2.45, 2.75) is 6.10 Å². The Morgan fingerprint density at radius 3 is 2.43 bits per heavy atom. The number of aromatic hydroxyl groups is 1. The van der Waals surface area contributed by atoms with Gasteiger partial charge in [0.1, 0.15) is 5.75 Å². The molecule has 0 aliphatic heterocycles. The molecule has 0 aromatic heterocycles. The normalized spacial score (nSPS) is 12.5. The van der Waals surface area contributed by atoms with E-state index in [0.29, 0.717) is 6.07 Å². The topological polar surface area (TPSA) is 77.8 Å².